The van der Waals surface area contributed by atoms with Gasteiger partial charge in [0.15, 0.2) is 0 Å². The van der Waals surface area contributed by atoms with E-state index in [2.05, 4.69) is 9.98 Å². The lowest BCUT2D eigenvalue weighted by Crippen LogP contribution is -1.96. The van der Waals surface area contributed by atoms with E-state index in [1.165, 1.54) is 12.2 Å². The van der Waals surface area contributed by atoms with Crippen LogP contribution in [-0.2, 0) is 22.7 Å². The summed E-state index contributed by atoms with van der Waals surface area (Å²) in [5.74, 6) is 0.697. The molecule has 0 radical (unpaired) electrons. The first-order valence-corrected chi connectivity index (χ1v) is 5.13. The van der Waals surface area contributed by atoms with Crippen LogP contribution in [0.3, 0.4) is 0 Å². The van der Waals surface area contributed by atoms with E-state index in [1.807, 2.05) is 6.92 Å². The Bertz CT molecular complexity index is 473. The Labute approximate surface area is 98.8 Å². The molecule has 0 saturated carbocycles. The minimum Gasteiger partial charge on any atom is -0.494 e. The van der Waals surface area contributed by atoms with Crippen molar-refractivity contribution in [1.82, 2.24) is 0 Å². The lowest BCUT2D eigenvalue weighted by molar-refractivity contribution is 0.340. The van der Waals surface area contributed by atoms with Crippen LogP contribution in [0.1, 0.15) is 18.1 Å². The topological polar surface area (TPSA) is 68.1 Å². The highest BCUT2D eigenvalue weighted by molar-refractivity contribution is 5.40. The van der Waals surface area contributed by atoms with Crippen molar-refractivity contribution in [3.05, 3.63) is 29.3 Å². The molecule has 88 valence electrons. The van der Waals surface area contributed by atoms with Crippen molar-refractivity contribution < 1.29 is 14.3 Å². The van der Waals surface area contributed by atoms with Gasteiger partial charge in [-0.2, -0.15) is 0 Å². The normalized spacial score (nSPS) is 9.00. The van der Waals surface area contributed by atoms with Gasteiger partial charge in [-0.05, 0) is 30.2 Å². The smallest absolute Gasteiger partial charge is 0.235 e. The fourth-order valence-electron chi connectivity index (χ4n) is 1.40. The summed E-state index contributed by atoms with van der Waals surface area (Å²) in [6, 6.07) is 5.36. The Morgan fingerprint density at radius 2 is 1.76 bits per heavy atom. The van der Waals surface area contributed by atoms with Gasteiger partial charge >= 0.3 is 0 Å². The minimum atomic E-state index is 0.203. The lowest BCUT2D eigenvalue weighted by Gasteiger charge is -2.08. The molecule has 17 heavy (non-hydrogen) atoms. The van der Waals surface area contributed by atoms with Gasteiger partial charge in [-0.25, -0.2) is 19.6 Å². The molecule has 0 unspecified atom stereocenters. The first-order chi connectivity index (χ1) is 8.31. The van der Waals surface area contributed by atoms with E-state index in [9.17, 15) is 9.59 Å². The summed E-state index contributed by atoms with van der Waals surface area (Å²) in [6.45, 7) is 2.86. The fourth-order valence-corrected chi connectivity index (χ4v) is 1.40. The van der Waals surface area contributed by atoms with E-state index in [-0.39, 0.29) is 13.1 Å². The molecule has 0 aliphatic heterocycles. The molecule has 1 aromatic rings. The molecule has 5 nitrogen and oxygen atoms in total. The van der Waals surface area contributed by atoms with E-state index in [0.29, 0.717) is 12.4 Å². The van der Waals surface area contributed by atoms with E-state index in [4.69, 9.17) is 4.74 Å². The van der Waals surface area contributed by atoms with Gasteiger partial charge in [-0.3, -0.25) is 0 Å². The van der Waals surface area contributed by atoms with Gasteiger partial charge < -0.3 is 4.74 Å². The van der Waals surface area contributed by atoms with Crippen molar-refractivity contribution in [3.63, 3.8) is 0 Å². The van der Waals surface area contributed by atoms with E-state index >= 15 is 0 Å². The standard InChI is InChI=1S/C12H12N2O3/c1-2-17-12-4-3-10(6-13-8-15)11(5-12)7-14-9-16/h3-5H,2,6-7H2,1H3. The first-order valence-electron chi connectivity index (χ1n) is 5.13. The average molecular weight is 232 g/mol. The van der Waals surface area contributed by atoms with Gasteiger partial charge in [-0.1, -0.05) is 6.07 Å². The maximum absolute atomic E-state index is 10.1. The molecule has 0 amide bonds. The zero-order valence-corrected chi connectivity index (χ0v) is 9.47. The molecule has 1 rings (SSSR count). The van der Waals surface area contributed by atoms with Gasteiger partial charge in [0, 0.05) is 0 Å². The highest BCUT2D eigenvalue weighted by Crippen LogP contribution is 2.19. The van der Waals surface area contributed by atoms with Crippen LogP contribution in [0.5, 0.6) is 5.75 Å². The van der Waals surface area contributed by atoms with Crippen LogP contribution < -0.4 is 4.74 Å². The second-order valence-corrected chi connectivity index (χ2v) is 3.18. The first kappa shape index (κ1) is 12.8. The SMILES string of the molecule is CCOc1ccc(CN=C=O)c(CN=C=O)c1. The summed E-state index contributed by atoms with van der Waals surface area (Å²) in [6.07, 6.45) is 2.95. The summed E-state index contributed by atoms with van der Waals surface area (Å²) in [5.41, 5.74) is 1.61. The van der Waals surface area contributed by atoms with Gasteiger partial charge in [0.25, 0.3) is 0 Å². The lowest BCUT2D eigenvalue weighted by atomic mass is 10.1. The number of isocyanates is 2. The van der Waals surface area contributed by atoms with Crippen molar-refractivity contribution in [3.8, 4) is 5.75 Å². The molecule has 5 heteroatoms. The number of hydrogen-bond donors (Lipinski definition) is 0. The van der Waals surface area contributed by atoms with E-state index in [1.54, 1.807) is 18.2 Å². The van der Waals surface area contributed by atoms with Crippen molar-refractivity contribution in [2.45, 2.75) is 20.0 Å². The quantitative estimate of drug-likeness (QED) is 0.554. The molecule has 0 fully saturated rings. The number of hydrogen-bond acceptors (Lipinski definition) is 5. The molecule has 0 aromatic heterocycles. The number of rotatable bonds is 6. The highest BCUT2D eigenvalue weighted by Gasteiger charge is 2.04. The Kier molecular flexibility index (Phi) is 5.38. The number of carbonyl (C=O) groups excluding carboxylic acids is 2. The fraction of sp³-hybridized carbons (Fsp3) is 0.333. The summed E-state index contributed by atoms with van der Waals surface area (Å²) in [5, 5.41) is 0. The van der Waals surface area contributed by atoms with Crippen molar-refractivity contribution in [2.75, 3.05) is 6.61 Å². The zero-order valence-electron chi connectivity index (χ0n) is 9.47. The molecule has 0 spiro atoms. The van der Waals surface area contributed by atoms with Crippen molar-refractivity contribution in [2.24, 2.45) is 9.98 Å². The molecule has 0 aliphatic carbocycles. The minimum absolute atomic E-state index is 0.203. The third-order valence-electron chi connectivity index (χ3n) is 2.12. The summed E-state index contributed by atoms with van der Waals surface area (Å²) < 4.78 is 5.34. The second kappa shape index (κ2) is 7.12. The Balaban J connectivity index is 3.01. The van der Waals surface area contributed by atoms with E-state index in [0.717, 1.165) is 11.1 Å². The van der Waals surface area contributed by atoms with Crippen LogP contribution in [0.15, 0.2) is 28.2 Å². The van der Waals surface area contributed by atoms with Gasteiger partial charge in [0.1, 0.15) is 5.75 Å². The average Bonchev–Trinajstić information content (AvgIpc) is 2.35. The summed E-state index contributed by atoms with van der Waals surface area (Å²) in [7, 11) is 0. The Morgan fingerprint density at radius 1 is 1.12 bits per heavy atom. The predicted molar refractivity (Wildman–Crippen MR) is 61.3 cm³/mol. The van der Waals surface area contributed by atoms with Gasteiger partial charge in [0.05, 0.1) is 19.7 Å². The second-order valence-electron chi connectivity index (χ2n) is 3.18. The monoisotopic (exact) mass is 232 g/mol. The summed E-state index contributed by atoms with van der Waals surface area (Å²) >= 11 is 0. The molecule has 0 saturated heterocycles. The predicted octanol–water partition coefficient (Wildman–Crippen LogP) is 1.76. The van der Waals surface area contributed by atoms with Gasteiger partial charge in [-0.15, -0.1) is 0 Å². The maximum Gasteiger partial charge on any atom is 0.235 e. The Hall–Kier alpha value is -2.22. The van der Waals surface area contributed by atoms with Gasteiger partial charge in [0.2, 0.25) is 12.2 Å². The molecule has 1 aromatic carbocycles. The third-order valence-corrected chi connectivity index (χ3v) is 2.12. The van der Waals surface area contributed by atoms with Crippen molar-refractivity contribution in [1.29, 1.82) is 0 Å². The third kappa shape index (κ3) is 4.03. The number of ether oxygens (including phenoxy) is 1. The molecule has 0 bridgehead atoms. The van der Waals surface area contributed by atoms with Crippen LogP contribution >= 0.6 is 0 Å². The molecular formula is C12H12N2O3. The molecular weight excluding hydrogens is 220 g/mol. The maximum atomic E-state index is 10.1. The van der Waals surface area contributed by atoms with Crippen LogP contribution in [0.4, 0.5) is 0 Å². The van der Waals surface area contributed by atoms with Crippen LogP contribution in [0, 0.1) is 0 Å². The number of nitrogens with zero attached hydrogens (tertiary/aromatic N) is 2. The molecule has 0 aliphatic rings. The van der Waals surface area contributed by atoms with E-state index < -0.39 is 0 Å². The largest absolute Gasteiger partial charge is 0.494 e. The number of aliphatic imine (C=N–C) groups is 2. The highest BCUT2D eigenvalue weighted by atomic mass is 16.5. The molecule has 0 N–H and O–H groups in total. The molecule has 0 heterocycles. The summed E-state index contributed by atoms with van der Waals surface area (Å²) in [4.78, 5) is 27.2. The zero-order chi connectivity index (χ0) is 12.5. The Morgan fingerprint density at radius 3 is 2.35 bits per heavy atom. The van der Waals surface area contributed by atoms with Crippen LogP contribution in [-0.4, -0.2) is 18.8 Å². The molecule has 0 atom stereocenters. The van der Waals surface area contributed by atoms with Crippen molar-refractivity contribution >= 4 is 12.2 Å². The number of benzene rings is 1. The van der Waals surface area contributed by atoms with Crippen LogP contribution in [0.2, 0.25) is 0 Å². The van der Waals surface area contributed by atoms with Crippen LogP contribution in [0.25, 0.3) is 0 Å².